The van der Waals surface area contributed by atoms with E-state index in [1.54, 1.807) is 0 Å². The SMILES string of the molecule is CC(C)(C)c1ccc(N2CCOC(C(=O)N3CCCC3)C2)nn1. The van der Waals surface area contributed by atoms with Crippen molar-refractivity contribution in [2.75, 3.05) is 37.7 Å². The molecule has 1 aromatic heterocycles. The summed E-state index contributed by atoms with van der Waals surface area (Å²) < 4.78 is 5.70. The van der Waals surface area contributed by atoms with Crippen molar-refractivity contribution < 1.29 is 9.53 Å². The van der Waals surface area contributed by atoms with Gasteiger partial charge in [-0.15, -0.1) is 5.10 Å². The van der Waals surface area contributed by atoms with Crippen LogP contribution in [0.25, 0.3) is 0 Å². The average molecular weight is 318 g/mol. The van der Waals surface area contributed by atoms with Gasteiger partial charge in [0.25, 0.3) is 5.91 Å². The highest BCUT2D eigenvalue weighted by Gasteiger charge is 2.32. The fourth-order valence-electron chi connectivity index (χ4n) is 3.04. The predicted molar refractivity (Wildman–Crippen MR) is 88.5 cm³/mol. The lowest BCUT2D eigenvalue weighted by atomic mass is 9.92. The van der Waals surface area contributed by atoms with Gasteiger partial charge in [-0.3, -0.25) is 4.79 Å². The largest absolute Gasteiger partial charge is 0.365 e. The van der Waals surface area contributed by atoms with E-state index in [-0.39, 0.29) is 17.4 Å². The van der Waals surface area contributed by atoms with Gasteiger partial charge >= 0.3 is 0 Å². The first-order valence-electron chi connectivity index (χ1n) is 8.45. The molecule has 1 amide bonds. The van der Waals surface area contributed by atoms with Gasteiger partial charge in [0.05, 0.1) is 18.8 Å². The number of hydrogen-bond acceptors (Lipinski definition) is 5. The molecule has 0 spiro atoms. The molecule has 126 valence electrons. The van der Waals surface area contributed by atoms with Gasteiger partial charge in [0.15, 0.2) is 11.9 Å². The standard InChI is InChI=1S/C17H26N4O2/c1-17(2,3)14-6-7-15(19-18-14)21-10-11-23-13(12-21)16(22)20-8-4-5-9-20/h6-7,13H,4-5,8-12H2,1-3H3. The summed E-state index contributed by atoms with van der Waals surface area (Å²) in [6.45, 7) is 9.93. The van der Waals surface area contributed by atoms with Crippen LogP contribution in [0.5, 0.6) is 0 Å². The smallest absolute Gasteiger partial charge is 0.253 e. The lowest BCUT2D eigenvalue weighted by Crippen LogP contribution is -2.50. The number of carbonyl (C=O) groups is 1. The number of ether oxygens (including phenoxy) is 1. The summed E-state index contributed by atoms with van der Waals surface area (Å²) in [5.41, 5.74) is 0.962. The molecule has 1 atom stereocenters. The van der Waals surface area contributed by atoms with Gasteiger partial charge in [-0.2, -0.15) is 5.10 Å². The number of morpholine rings is 1. The summed E-state index contributed by atoms with van der Waals surface area (Å²) in [6, 6.07) is 4.02. The molecule has 0 bridgehead atoms. The topological polar surface area (TPSA) is 58.6 Å². The maximum atomic E-state index is 12.5. The fourth-order valence-corrected chi connectivity index (χ4v) is 3.04. The minimum atomic E-state index is -0.383. The second-order valence-corrected chi connectivity index (χ2v) is 7.36. The third-order valence-electron chi connectivity index (χ3n) is 4.50. The second-order valence-electron chi connectivity index (χ2n) is 7.36. The first-order chi connectivity index (χ1) is 10.9. The molecule has 23 heavy (non-hydrogen) atoms. The molecule has 0 N–H and O–H groups in total. The van der Waals surface area contributed by atoms with Gasteiger partial charge in [-0.1, -0.05) is 20.8 Å². The van der Waals surface area contributed by atoms with Gasteiger partial charge in [-0.05, 0) is 25.0 Å². The van der Waals surface area contributed by atoms with Gasteiger partial charge < -0.3 is 14.5 Å². The van der Waals surface area contributed by atoms with E-state index in [9.17, 15) is 4.79 Å². The Kier molecular flexibility index (Phi) is 4.53. The zero-order chi connectivity index (χ0) is 16.4. The number of anilines is 1. The minimum absolute atomic E-state index is 0.00913. The molecule has 3 heterocycles. The molecule has 0 aliphatic carbocycles. The first-order valence-corrected chi connectivity index (χ1v) is 8.45. The Morgan fingerprint density at radius 2 is 1.91 bits per heavy atom. The van der Waals surface area contributed by atoms with E-state index >= 15 is 0 Å². The summed E-state index contributed by atoms with van der Waals surface area (Å²) in [6.07, 6.45) is 1.81. The van der Waals surface area contributed by atoms with Crippen molar-refractivity contribution in [2.24, 2.45) is 0 Å². The van der Waals surface area contributed by atoms with Crippen LogP contribution in [0.15, 0.2) is 12.1 Å². The van der Waals surface area contributed by atoms with Crippen LogP contribution in [-0.2, 0) is 14.9 Å². The van der Waals surface area contributed by atoms with Crippen molar-refractivity contribution in [3.05, 3.63) is 17.8 Å². The summed E-state index contributed by atoms with van der Waals surface area (Å²) >= 11 is 0. The molecule has 1 unspecified atom stereocenters. The van der Waals surface area contributed by atoms with Crippen molar-refractivity contribution >= 4 is 11.7 Å². The molecule has 2 saturated heterocycles. The van der Waals surface area contributed by atoms with Gasteiger partial charge in [0.1, 0.15) is 0 Å². The van der Waals surface area contributed by atoms with Crippen molar-refractivity contribution in [1.82, 2.24) is 15.1 Å². The molecule has 3 rings (SSSR count). The maximum Gasteiger partial charge on any atom is 0.253 e. The highest BCUT2D eigenvalue weighted by Crippen LogP contribution is 2.22. The number of carbonyl (C=O) groups excluding carboxylic acids is 1. The zero-order valence-electron chi connectivity index (χ0n) is 14.3. The van der Waals surface area contributed by atoms with E-state index in [0.717, 1.165) is 44.0 Å². The Morgan fingerprint density at radius 3 is 2.52 bits per heavy atom. The fraction of sp³-hybridized carbons (Fsp3) is 0.706. The van der Waals surface area contributed by atoms with Crippen LogP contribution in [0, 0.1) is 0 Å². The summed E-state index contributed by atoms with van der Waals surface area (Å²) in [7, 11) is 0. The Bertz CT molecular complexity index is 547. The Morgan fingerprint density at radius 1 is 1.17 bits per heavy atom. The molecule has 0 radical (unpaired) electrons. The molecule has 6 nitrogen and oxygen atoms in total. The molecule has 0 aromatic carbocycles. The quantitative estimate of drug-likeness (QED) is 0.829. The Hall–Kier alpha value is -1.69. The predicted octanol–water partition coefficient (Wildman–Crippen LogP) is 1.60. The van der Waals surface area contributed by atoms with E-state index in [1.165, 1.54) is 0 Å². The van der Waals surface area contributed by atoms with E-state index in [0.29, 0.717) is 13.2 Å². The number of rotatable bonds is 2. The molecule has 1 aromatic rings. The number of amides is 1. The normalized spacial score (nSPS) is 22.5. The zero-order valence-corrected chi connectivity index (χ0v) is 14.3. The van der Waals surface area contributed by atoms with Crippen molar-refractivity contribution in [3.8, 4) is 0 Å². The van der Waals surface area contributed by atoms with Gasteiger partial charge in [0, 0.05) is 25.0 Å². The third kappa shape index (κ3) is 3.63. The highest BCUT2D eigenvalue weighted by molar-refractivity contribution is 5.82. The van der Waals surface area contributed by atoms with E-state index in [1.807, 2.05) is 17.0 Å². The second kappa shape index (κ2) is 6.43. The summed E-state index contributed by atoms with van der Waals surface area (Å²) in [5, 5.41) is 8.70. The van der Waals surface area contributed by atoms with Crippen molar-refractivity contribution in [1.29, 1.82) is 0 Å². The number of nitrogens with zero attached hydrogens (tertiary/aromatic N) is 4. The first kappa shape index (κ1) is 16.2. The third-order valence-corrected chi connectivity index (χ3v) is 4.50. The minimum Gasteiger partial charge on any atom is -0.365 e. The van der Waals surface area contributed by atoms with Crippen LogP contribution in [0.4, 0.5) is 5.82 Å². The Balaban J connectivity index is 1.67. The molecule has 2 fully saturated rings. The monoisotopic (exact) mass is 318 g/mol. The summed E-state index contributed by atoms with van der Waals surface area (Å²) in [5.74, 6) is 0.937. The lowest BCUT2D eigenvalue weighted by Gasteiger charge is -2.34. The molecular weight excluding hydrogens is 292 g/mol. The van der Waals surface area contributed by atoms with E-state index < -0.39 is 0 Å². The van der Waals surface area contributed by atoms with Crippen LogP contribution >= 0.6 is 0 Å². The molecule has 6 heteroatoms. The van der Waals surface area contributed by atoms with E-state index in [4.69, 9.17) is 4.74 Å². The summed E-state index contributed by atoms with van der Waals surface area (Å²) in [4.78, 5) is 16.5. The molecular formula is C17H26N4O2. The van der Waals surface area contributed by atoms with Crippen molar-refractivity contribution in [2.45, 2.75) is 45.1 Å². The number of aromatic nitrogens is 2. The highest BCUT2D eigenvalue weighted by atomic mass is 16.5. The van der Waals surface area contributed by atoms with Gasteiger partial charge in [-0.25, -0.2) is 0 Å². The van der Waals surface area contributed by atoms with Crippen molar-refractivity contribution in [3.63, 3.8) is 0 Å². The van der Waals surface area contributed by atoms with Crippen LogP contribution in [0.3, 0.4) is 0 Å². The molecule has 0 saturated carbocycles. The van der Waals surface area contributed by atoms with Crippen LogP contribution in [-0.4, -0.2) is 59.9 Å². The van der Waals surface area contributed by atoms with Crippen LogP contribution in [0.1, 0.15) is 39.3 Å². The molecule has 2 aliphatic rings. The van der Waals surface area contributed by atoms with E-state index in [2.05, 4.69) is 35.9 Å². The Labute approximate surface area is 137 Å². The van der Waals surface area contributed by atoms with Gasteiger partial charge in [0.2, 0.25) is 0 Å². The average Bonchev–Trinajstić information content (AvgIpc) is 3.08. The lowest BCUT2D eigenvalue weighted by molar-refractivity contribution is -0.143. The number of hydrogen-bond donors (Lipinski definition) is 0. The molecule has 2 aliphatic heterocycles. The maximum absolute atomic E-state index is 12.5. The number of likely N-dealkylation sites (tertiary alicyclic amines) is 1. The van der Waals surface area contributed by atoms with Crippen LogP contribution < -0.4 is 4.90 Å². The van der Waals surface area contributed by atoms with Crippen LogP contribution in [0.2, 0.25) is 0 Å².